The number of methoxy groups -OCH3 is 1. The summed E-state index contributed by atoms with van der Waals surface area (Å²) in [6.45, 7) is 0. The topological polar surface area (TPSA) is 135 Å². The van der Waals surface area contributed by atoms with E-state index in [0.29, 0.717) is 23.7 Å². The van der Waals surface area contributed by atoms with Crippen molar-refractivity contribution in [1.29, 1.82) is 0 Å². The molecule has 0 saturated heterocycles. The van der Waals surface area contributed by atoms with Gasteiger partial charge in [0.1, 0.15) is 22.7 Å². The zero-order valence-corrected chi connectivity index (χ0v) is 18.7. The molecule has 172 valence electrons. The second-order valence-corrected chi connectivity index (χ2v) is 8.41. The molecule has 2 aromatic heterocycles. The van der Waals surface area contributed by atoms with Crippen LogP contribution < -0.4 is 20.9 Å². The van der Waals surface area contributed by atoms with Crippen LogP contribution in [0.15, 0.2) is 61.1 Å². The van der Waals surface area contributed by atoms with Crippen molar-refractivity contribution in [1.82, 2.24) is 14.8 Å². The maximum absolute atomic E-state index is 11.8. The Balaban J connectivity index is 1.46. The van der Waals surface area contributed by atoms with Crippen LogP contribution in [-0.2, 0) is 16.6 Å². The van der Waals surface area contributed by atoms with Gasteiger partial charge < -0.3 is 20.9 Å². The van der Waals surface area contributed by atoms with Gasteiger partial charge in [-0.1, -0.05) is 12.1 Å². The highest BCUT2D eigenvalue weighted by Gasteiger charge is 2.64. The predicted molar refractivity (Wildman–Crippen MR) is 125 cm³/mol. The number of aryl methyl sites for hydroxylation is 1. The van der Waals surface area contributed by atoms with Gasteiger partial charge in [0, 0.05) is 47.9 Å². The van der Waals surface area contributed by atoms with E-state index < -0.39 is 17.2 Å². The maximum Gasteiger partial charge on any atom is 0.233 e. The molecule has 2 heterocycles. The Bertz CT molecular complexity index is 1410. The van der Waals surface area contributed by atoms with Gasteiger partial charge in [0.25, 0.3) is 0 Å². The van der Waals surface area contributed by atoms with Gasteiger partial charge in [-0.2, -0.15) is 5.10 Å². The van der Waals surface area contributed by atoms with E-state index in [1.54, 1.807) is 42.4 Å². The minimum Gasteiger partial charge on any atom is -0.496 e. The van der Waals surface area contributed by atoms with Gasteiger partial charge >= 0.3 is 0 Å². The van der Waals surface area contributed by atoms with Crippen molar-refractivity contribution in [3.05, 3.63) is 66.6 Å². The summed E-state index contributed by atoms with van der Waals surface area (Å²) in [5.41, 5.74) is 12.9. The van der Waals surface area contributed by atoms with Gasteiger partial charge in [-0.25, -0.2) is 0 Å². The molecule has 1 unspecified atom stereocenters. The molecular weight excluding hydrogens is 434 g/mol. The van der Waals surface area contributed by atoms with E-state index in [0.717, 1.165) is 27.6 Å². The molecule has 0 bridgehead atoms. The summed E-state index contributed by atoms with van der Waals surface area (Å²) < 4.78 is 13.5. The number of hydrogen-bond donors (Lipinski definition) is 2. The van der Waals surface area contributed by atoms with Crippen LogP contribution in [0.4, 0.5) is 0 Å². The standard InChI is InChI=1S/C25H23N5O4/c1-30-13-15(12-29-30)17-9-18-20(10-22(17)33-2)28-8-7-21(18)34-16-5-3-14(4-6-16)19-11-25(19,23(26)31)24(27)32/h3-10,12-13,19H,11H2,1-2H3,(H2,26,31)(H2,27,32). The summed E-state index contributed by atoms with van der Waals surface area (Å²) >= 11 is 0. The predicted octanol–water partition coefficient (Wildman–Crippen LogP) is 2.88. The Hall–Kier alpha value is -4.40. The van der Waals surface area contributed by atoms with Crippen molar-refractivity contribution < 1.29 is 19.1 Å². The number of carbonyl (C=O) groups is 2. The molecule has 0 aliphatic heterocycles. The highest BCUT2D eigenvalue weighted by Crippen LogP contribution is 2.59. The number of nitrogens with two attached hydrogens (primary N) is 2. The third kappa shape index (κ3) is 3.42. The van der Waals surface area contributed by atoms with E-state index in [1.807, 2.05) is 37.5 Å². The monoisotopic (exact) mass is 457 g/mol. The second kappa shape index (κ2) is 7.87. The molecule has 9 nitrogen and oxygen atoms in total. The number of nitrogens with zero attached hydrogens (tertiary/aromatic N) is 3. The number of hydrogen-bond acceptors (Lipinski definition) is 6. The summed E-state index contributed by atoms with van der Waals surface area (Å²) in [5.74, 6) is 0.223. The molecule has 2 amide bonds. The smallest absolute Gasteiger partial charge is 0.233 e. The number of ether oxygens (including phenoxy) is 2. The van der Waals surface area contributed by atoms with Crippen molar-refractivity contribution in [3.8, 4) is 28.4 Å². The number of primary amides is 2. The number of benzene rings is 2. The summed E-state index contributed by atoms with van der Waals surface area (Å²) in [5, 5.41) is 5.07. The number of rotatable bonds is 7. The summed E-state index contributed by atoms with van der Waals surface area (Å²) in [6, 6.07) is 12.9. The van der Waals surface area contributed by atoms with Gasteiger partial charge in [-0.15, -0.1) is 0 Å². The molecule has 1 aliphatic carbocycles. The first-order valence-corrected chi connectivity index (χ1v) is 10.7. The van der Waals surface area contributed by atoms with Crippen LogP contribution in [-0.4, -0.2) is 33.7 Å². The first-order valence-electron chi connectivity index (χ1n) is 10.7. The normalized spacial score (nSPS) is 16.2. The molecule has 4 N–H and O–H groups in total. The average Bonchev–Trinajstić information content (AvgIpc) is 3.46. The van der Waals surface area contributed by atoms with Crippen LogP contribution in [0.3, 0.4) is 0 Å². The molecule has 1 aliphatic rings. The van der Waals surface area contributed by atoms with Crippen LogP contribution in [0, 0.1) is 5.41 Å². The van der Waals surface area contributed by atoms with Gasteiger partial charge in [0.15, 0.2) is 0 Å². The maximum atomic E-state index is 11.8. The summed E-state index contributed by atoms with van der Waals surface area (Å²) in [7, 11) is 3.48. The number of carbonyl (C=O) groups excluding carboxylic acids is 2. The lowest BCUT2D eigenvalue weighted by molar-refractivity contribution is -0.133. The van der Waals surface area contributed by atoms with Crippen LogP contribution in [0.2, 0.25) is 0 Å². The Morgan fingerprint density at radius 1 is 1.09 bits per heavy atom. The lowest BCUT2D eigenvalue weighted by Crippen LogP contribution is -2.38. The van der Waals surface area contributed by atoms with Crippen LogP contribution >= 0.6 is 0 Å². The van der Waals surface area contributed by atoms with Crippen molar-refractivity contribution in [3.63, 3.8) is 0 Å². The van der Waals surface area contributed by atoms with Gasteiger partial charge in [-0.05, 0) is 36.2 Å². The van der Waals surface area contributed by atoms with Gasteiger partial charge in [-0.3, -0.25) is 19.3 Å². The average molecular weight is 457 g/mol. The van der Waals surface area contributed by atoms with Gasteiger partial charge in [0.2, 0.25) is 11.8 Å². The molecule has 34 heavy (non-hydrogen) atoms. The van der Waals surface area contributed by atoms with Crippen molar-refractivity contribution in [2.45, 2.75) is 12.3 Å². The number of fused-ring (bicyclic) bond motifs is 1. The van der Waals surface area contributed by atoms with Crippen LogP contribution in [0.25, 0.3) is 22.0 Å². The molecule has 0 radical (unpaired) electrons. The van der Waals surface area contributed by atoms with E-state index in [1.165, 1.54) is 0 Å². The Morgan fingerprint density at radius 3 is 2.41 bits per heavy atom. The minimum atomic E-state index is -1.30. The second-order valence-electron chi connectivity index (χ2n) is 8.41. The third-order valence-electron chi connectivity index (χ3n) is 6.39. The fourth-order valence-corrected chi connectivity index (χ4v) is 4.42. The lowest BCUT2D eigenvalue weighted by atomic mass is 9.97. The minimum absolute atomic E-state index is 0.312. The Labute approximate surface area is 195 Å². The largest absolute Gasteiger partial charge is 0.496 e. The van der Waals surface area contributed by atoms with E-state index in [9.17, 15) is 9.59 Å². The molecule has 1 atom stereocenters. The van der Waals surface area contributed by atoms with Crippen LogP contribution in [0.5, 0.6) is 17.2 Å². The van der Waals surface area contributed by atoms with Crippen molar-refractivity contribution >= 4 is 22.7 Å². The van der Waals surface area contributed by atoms with E-state index >= 15 is 0 Å². The van der Waals surface area contributed by atoms with Crippen LogP contribution in [0.1, 0.15) is 17.9 Å². The Kier molecular flexibility index (Phi) is 4.97. The van der Waals surface area contributed by atoms with E-state index in [2.05, 4.69) is 10.1 Å². The molecule has 5 rings (SSSR count). The highest BCUT2D eigenvalue weighted by atomic mass is 16.5. The van der Waals surface area contributed by atoms with E-state index in [-0.39, 0.29) is 5.92 Å². The zero-order valence-electron chi connectivity index (χ0n) is 18.7. The SMILES string of the molecule is COc1cc2nccc(Oc3ccc(C4CC4(C(N)=O)C(N)=O)cc3)c2cc1-c1cnn(C)c1. The molecule has 4 aromatic rings. The summed E-state index contributed by atoms with van der Waals surface area (Å²) in [6.07, 6.45) is 5.68. The molecule has 1 fully saturated rings. The number of aromatic nitrogens is 3. The molecular formula is C25H23N5O4. The molecule has 2 aromatic carbocycles. The fourth-order valence-electron chi connectivity index (χ4n) is 4.42. The first-order chi connectivity index (χ1) is 16.3. The molecule has 1 saturated carbocycles. The van der Waals surface area contributed by atoms with Crippen molar-refractivity contribution in [2.75, 3.05) is 7.11 Å². The van der Waals surface area contributed by atoms with E-state index in [4.69, 9.17) is 20.9 Å². The fraction of sp³-hybridized carbons (Fsp3) is 0.200. The number of amides is 2. The zero-order chi connectivity index (χ0) is 24.0. The summed E-state index contributed by atoms with van der Waals surface area (Å²) in [4.78, 5) is 28.0. The highest BCUT2D eigenvalue weighted by molar-refractivity contribution is 6.08. The van der Waals surface area contributed by atoms with Crippen molar-refractivity contribution in [2.24, 2.45) is 23.9 Å². The quantitative estimate of drug-likeness (QED) is 0.410. The lowest BCUT2D eigenvalue weighted by Gasteiger charge is -2.13. The number of pyridine rings is 1. The molecule has 9 heteroatoms. The third-order valence-corrected chi connectivity index (χ3v) is 6.39. The van der Waals surface area contributed by atoms with Gasteiger partial charge in [0.05, 0.1) is 18.8 Å². The first kappa shape index (κ1) is 21.4. The molecule has 0 spiro atoms. The Morgan fingerprint density at radius 2 is 1.82 bits per heavy atom.